The van der Waals surface area contributed by atoms with Gasteiger partial charge in [0.1, 0.15) is 12.2 Å². The first-order valence-corrected chi connectivity index (χ1v) is 3.31. The summed E-state index contributed by atoms with van der Waals surface area (Å²) in [6.45, 7) is 0.0370. The molecule has 4 nitrogen and oxygen atoms in total. The van der Waals surface area contributed by atoms with Gasteiger partial charge in [0.15, 0.2) is 12.5 Å². The van der Waals surface area contributed by atoms with E-state index in [1.54, 1.807) is 0 Å². The molecular formula is C6H11FO4. The van der Waals surface area contributed by atoms with E-state index in [2.05, 4.69) is 9.47 Å². The Balaban J connectivity index is 2.45. The van der Waals surface area contributed by atoms with Crippen LogP contribution in [0.4, 0.5) is 4.39 Å². The first-order valence-electron chi connectivity index (χ1n) is 3.31. The summed E-state index contributed by atoms with van der Waals surface area (Å²) in [5.41, 5.74) is 0. The van der Waals surface area contributed by atoms with Gasteiger partial charge in [0.2, 0.25) is 0 Å². The number of methoxy groups -OCH3 is 1. The summed E-state index contributed by atoms with van der Waals surface area (Å²) in [5.74, 6) is 0. The second kappa shape index (κ2) is 3.44. The summed E-state index contributed by atoms with van der Waals surface area (Å²) in [6, 6.07) is 0. The van der Waals surface area contributed by atoms with Crippen molar-refractivity contribution in [3.05, 3.63) is 0 Å². The average molecular weight is 166 g/mol. The first-order chi connectivity index (χ1) is 5.16. The molecule has 4 atom stereocenters. The molecule has 2 N–H and O–H groups in total. The van der Waals surface area contributed by atoms with Crippen molar-refractivity contribution < 1.29 is 24.1 Å². The molecule has 66 valence electrons. The van der Waals surface area contributed by atoms with Gasteiger partial charge >= 0.3 is 0 Å². The van der Waals surface area contributed by atoms with Crippen LogP contribution >= 0.6 is 0 Å². The monoisotopic (exact) mass is 166 g/mol. The molecule has 0 aromatic rings. The van der Waals surface area contributed by atoms with Gasteiger partial charge in [-0.1, -0.05) is 0 Å². The number of hydrogen-bond donors (Lipinski definition) is 2. The Morgan fingerprint density at radius 1 is 1.55 bits per heavy atom. The van der Waals surface area contributed by atoms with Gasteiger partial charge < -0.3 is 19.7 Å². The molecule has 1 saturated heterocycles. The Bertz CT molecular complexity index is 132. The summed E-state index contributed by atoms with van der Waals surface area (Å²) < 4.78 is 22.0. The van der Waals surface area contributed by atoms with Crippen molar-refractivity contribution in [3.63, 3.8) is 0 Å². The van der Waals surface area contributed by atoms with Gasteiger partial charge in [-0.05, 0) is 0 Å². The lowest BCUT2D eigenvalue weighted by Gasteiger charge is -2.09. The minimum absolute atomic E-state index is 0.0370. The van der Waals surface area contributed by atoms with Gasteiger partial charge in [-0.3, -0.25) is 0 Å². The van der Waals surface area contributed by atoms with Crippen molar-refractivity contribution in [1.82, 2.24) is 0 Å². The molecule has 1 fully saturated rings. The van der Waals surface area contributed by atoms with E-state index < -0.39 is 24.7 Å². The van der Waals surface area contributed by atoms with E-state index in [9.17, 15) is 4.39 Å². The summed E-state index contributed by atoms with van der Waals surface area (Å²) in [5, 5.41) is 17.7. The fourth-order valence-electron chi connectivity index (χ4n) is 1.01. The van der Waals surface area contributed by atoms with Crippen LogP contribution in [0, 0.1) is 0 Å². The molecule has 1 aliphatic rings. The maximum atomic E-state index is 12.8. The van der Waals surface area contributed by atoms with Crippen molar-refractivity contribution in [1.29, 1.82) is 0 Å². The van der Waals surface area contributed by atoms with Crippen LogP contribution in [-0.2, 0) is 9.47 Å². The zero-order valence-electron chi connectivity index (χ0n) is 6.11. The Kier molecular flexibility index (Phi) is 2.78. The second-order valence-corrected chi connectivity index (χ2v) is 2.46. The number of alkyl halides is 1. The third kappa shape index (κ3) is 1.67. The molecular weight excluding hydrogens is 155 g/mol. The van der Waals surface area contributed by atoms with E-state index in [1.165, 1.54) is 7.11 Å². The lowest BCUT2D eigenvalue weighted by molar-refractivity contribution is -0.134. The SMILES string of the molecule is COC[C@H]1O[C@H](O)[C@H](O)[C@@H]1F. The predicted octanol–water partition coefficient (Wildman–Crippen LogP) is -0.951. The van der Waals surface area contributed by atoms with E-state index in [1.807, 2.05) is 0 Å². The van der Waals surface area contributed by atoms with Crippen LogP contribution in [0.2, 0.25) is 0 Å². The maximum absolute atomic E-state index is 12.8. The zero-order chi connectivity index (χ0) is 8.43. The number of aliphatic hydroxyl groups excluding tert-OH is 2. The van der Waals surface area contributed by atoms with Crippen molar-refractivity contribution in [2.45, 2.75) is 24.7 Å². The highest BCUT2D eigenvalue weighted by Gasteiger charge is 2.43. The quantitative estimate of drug-likeness (QED) is 0.555. The number of ether oxygens (including phenoxy) is 2. The molecule has 0 aliphatic carbocycles. The highest BCUT2D eigenvalue weighted by Crippen LogP contribution is 2.22. The third-order valence-corrected chi connectivity index (χ3v) is 1.62. The van der Waals surface area contributed by atoms with Crippen molar-refractivity contribution >= 4 is 0 Å². The van der Waals surface area contributed by atoms with Crippen LogP contribution < -0.4 is 0 Å². The van der Waals surface area contributed by atoms with Crippen LogP contribution in [0.1, 0.15) is 0 Å². The number of rotatable bonds is 2. The summed E-state index contributed by atoms with van der Waals surface area (Å²) in [4.78, 5) is 0. The van der Waals surface area contributed by atoms with Gasteiger partial charge in [-0.15, -0.1) is 0 Å². The first kappa shape index (κ1) is 8.86. The molecule has 0 unspecified atom stereocenters. The van der Waals surface area contributed by atoms with Crippen LogP contribution in [0.15, 0.2) is 0 Å². The molecule has 1 heterocycles. The fourth-order valence-corrected chi connectivity index (χ4v) is 1.01. The number of halogens is 1. The van der Waals surface area contributed by atoms with Gasteiger partial charge in [0, 0.05) is 7.11 Å². The lowest BCUT2D eigenvalue weighted by atomic mass is 10.2. The van der Waals surface area contributed by atoms with E-state index in [0.717, 1.165) is 0 Å². The molecule has 1 rings (SSSR count). The molecule has 1 aliphatic heterocycles. The molecule has 0 radical (unpaired) electrons. The van der Waals surface area contributed by atoms with Crippen LogP contribution in [0.5, 0.6) is 0 Å². The Hall–Kier alpha value is -0.230. The predicted molar refractivity (Wildman–Crippen MR) is 33.7 cm³/mol. The summed E-state index contributed by atoms with van der Waals surface area (Å²) >= 11 is 0. The van der Waals surface area contributed by atoms with Crippen LogP contribution in [0.25, 0.3) is 0 Å². The Morgan fingerprint density at radius 3 is 2.55 bits per heavy atom. The van der Waals surface area contributed by atoms with Gasteiger partial charge in [-0.25, -0.2) is 4.39 Å². The maximum Gasteiger partial charge on any atom is 0.184 e. The summed E-state index contributed by atoms with van der Waals surface area (Å²) in [6.07, 6.45) is -5.30. The largest absolute Gasteiger partial charge is 0.385 e. The van der Waals surface area contributed by atoms with Crippen molar-refractivity contribution in [2.75, 3.05) is 13.7 Å². The average Bonchev–Trinajstić information content (AvgIpc) is 2.19. The third-order valence-electron chi connectivity index (χ3n) is 1.62. The molecule has 5 heteroatoms. The Morgan fingerprint density at radius 2 is 2.18 bits per heavy atom. The number of hydrogen-bond acceptors (Lipinski definition) is 4. The van der Waals surface area contributed by atoms with Crippen LogP contribution in [0.3, 0.4) is 0 Å². The van der Waals surface area contributed by atoms with Crippen molar-refractivity contribution in [3.8, 4) is 0 Å². The molecule has 0 saturated carbocycles. The highest BCUT2D eigenvalue weighted by molar-refractivity contribution is 4.85. The fraction of sp³-hybridized carbons (Fsp3) is 1.00. The van der Waals surface area contributed by atoms with Gasteiger partial charge in [0.25, 0.3) is 0 Å². The van der Waals surface area contributed by atoms with Gasteiger partial charge in [-0.2, -0.15) is 0 Å². The summed E-state index contributed by atoms with van der Waals surface area (Å²) in [7, 11) is 1.40. The van der Waals surface area contributed by atoms with E-state index in [4.69, 9.17) is 10.2 Å². The zero-order valence-corrected chi connectivity index (χ0v) is 6.11. The van der Waals surface area contributed by atoms with Gasteiger partial charge in [0.05, 0.1) is 6.61 Å². The molecule has 0 bridgehead atoms. The van der Waals surface area contributed by atoms with E-state index in [0.29, 0.717) is 0 Å². The number of aliphatic hydroxyl groups is 2. The molecule has 0 amide bonds. The van der Waals surface area contributed by atoms with E-state index >= 15 is 0 Å². The van der Waals surface area contributed by atoms with Crippen LogP contribution in [-0.4, -0.2) is 48.6 Å². The molecule has 11 heavy (non-hydrogen) atoms. The molecule has 0 spiro atoms. The standard InChI is InChI=1S/C6H11FO4/c1-10-2-3-4(7)5(8)6(9)11-3/h3-6,8-9H,2H2,1H3/t3-,4-,5-,6+/m1/s1. The molecule has 0 aromatic heterocycles. The minimum Gasteiger partial charge on any atom is -0.385 e. The Labute approximate surface area is 63.5 Å². The topological polar surface area (TPSA) is 58.9 Å². The normalized spacial score (nSPS) is 44.7. The lowest BCUT2D eigenvalue weighted by Crippen LogP contribution is -2.30. The molecule has 0 aromatic carbocycles. The second-order valence-electron chi connectivity index (χ2n) is 2.46. The minimum atomic E-state index is -1.56. The highest BCUT2D eigenvalue weighted by atomic mass is 19.1. The smallest absolute Gasteiger partial charge is 0.184 e. The van der Waals surface area contributed by atoms with E-state index in [-0.39, 0.29) is 6.61 Å². The van der Waals surface area contributed by atoms with Crippen molar-refractivity contribution in [2.24, 2.45) is 0 Å².